The van der Waals surface area contributed by atoms with Crippen LogP contribution in [0.4, 0.5) is 5.69 Å². The van der Waals surface area contributed by atoms with E-state index in [1.807, 2.05) is 0 Å². The second-order valence-electron chi connectivity index (χ2n) is 3.04. The molecule has 5 heteroatoms. The van der Waals surface area contributed by atoms with Crippen LogP contribution in [0.1, 0.15) is 17.2 Å². The second-order valence-corrected chi connectivity index (χ2v) is 3.04. The number of nitrogens with two attached hydrogens (primary N) is 1. The third-order valence-corrected chi connectivity index (χ3v) is 2.14. The van der Waals surface area contributed by atoms with E-state index in [9.17, 15) is 10.1 Å². The van der Waals surface area contributed by atoms with E-state index in [0.717, 1.165) is 0 Å². The molecular formula is C9H12N2O3. The molecule has 14 heavy (non-hydrogen) atoms. The Hall–Kier alpha value is -1.46. The molecule has 0 spiro atoms. The van der Waals surface area contributed by atoms with Crippen molar-refractivity contribution in [1.82, 2.24) is 0 Å². The van der Waals surface area contributed by atoms with E-state index in [0.29, 0.717) is 11.1 Å². The highest BCUT2D eigenvalue weighted by Crippen LogP contribution is 2.24. The predicted molar refractivity (Wildman–Crippen MR) is 51.8 cm³/mol. The van der Waals surface area contributed by atoms with Gasteiger partial charge in [-0.05, 0) is 12.5 Å². The van der Waals surface area contributed by atoms with E-state index in [1.54, 1.807) is 19.1 Å². The average molecular weight is 196 g/mol. The van der Waals surface area contributed by atoms with E-state index in [1.165, 1.54) is 6.07 Å². The summed E-state index contributed by atoms with van der Waals surface area (Å²) in [5.41, 5.74) is 6.75. The van der Waals surface area contributed by atoms with Gasteiger partial charge in [-0.3, -0.25) is 10.1 Å². The maximum atomic E-state index is 10.6. The Morgan fingerprint density at radius 1 is 1.64 bits per heavy atom. The van der Waals surface area contributed by atoms with Gasteiger partial charge in [-0.2, -0.15) is 0 Å². The van der Waals surface area contributed by atoms with Crippen molar-refractivity contribution in [2.45, 2.75) is 13.0 Å². The smallest absolute Gasteiger partial charge is 0.272 e. The lowest BCUT2D eigenvalue weighted by Crippen LogP contribution is -2.16. The Morgan fingerprint density at radius 3 is 2.79 bits per heavy atom. The zero-order chi connectivity index (χ0) is 10.7. The molecule has 0 bridgehead atoms. The minimum absolute atomic E-state index is 0.0337. The Kier molecular flexibility index (Phi) is 3.16. The van der Waals surface area contributed by atoms with E-state index in [4.69, 9.17) is 10.8 Å². The van der Waals surface area contributed by atoms with Crippen molar-refractivity contribution >= 4 is 5.69 Å². The van der Waals surface area contributed by atoms with Crippen LogP contribution < -0.4 is 5.73 Å². The Morgan fingerprint density at radius 2 is 2.29 bits per heavy atom. The van der Waals surface area contributed by atoms with Crippen molar-refractivity contribution in [2.24, 2.45) is 5.73 Å². The molecule has 1 rings (SSSR count). The van der Waals surface area contributed by atoms with Gasteiger partial charge in [0.05, 0.1) is 17.6 Å². The first-order chi connectivity index (χ1) is 6.57. The lowest BCUT2D eigenvalue weighted by atomic mass is 10.0. The van der Waals surface area contributed by atoms with Crippen LogP contribution in [0.2, 0.25) is 0 Å². The maximum Gasteiger partial charge on any atom is 0.272 e. The zero-order valence-electron chi connectivity index (χ0n) is 7.80. The quantitative estimate of drug-likeness (QED) is 0.555. The van der Waals surface area contributed by atoms with Crippen LogP contribution >= 0.6 is 0 Å². The molecule has 0 radical (unpaired) electrons. The Labute approximate surface area is 81.3 Å². The summed E-state index contributed by atoms with van der Waals surface area (Å²) < 4.78 is 0. The molecule has 0 amide bonds. The van der Waals surface area contributed by atoms with Gasteiger partial charge >= 0.3 is 0 Å². The molecular weight excluding hydrogens is 184 g/mol. The maximum absolute atomic E-state index is 10.6. The lowest BCUT2D eigenvalue weighted by molar-refractivity contribution is -0.385. The van der Waals surface area contributed by atoms with Gasteiger partial charge in [-0.1, -0.05) is 12.1 Å². The van der Waals surface area contributed by atoms with Crippen molar-refractivity contribution in [2.75, 3.05) is 6.61 Å². The first-order valence-corrected chi connectivity index (χ1v) is 4.18. The summed E-state index contributed by atoms with van der Waals surface area (Å²) in [4.78, 5) is 10.1. The summed E-state index contributed by atoms with van der Waals surface area (Å²) in [6, 6.07) is 4.11. The summed E-state index contributed by atoms with van der Waals surface area (Å²) in [6.07, 6.45) is 0. The number of hydrogen-bond acceptors (Lipinski definition) is 4. The highest BCUT2D eigenvalue weighted by molar-refractivity contribution is 5.45. The highest BCUT2D eigenvalue weighted by Gasteiger charge is 2.16. The number of aliphatic hydroxyl groups excluding tert-OH is 1. The second kappa shape index (κ2) is 4.17. The first-order valence-electron chi connectivity index (χ1n) is 4.18. The van der Waals surface area contributed by atoms with Gasteiger partial charge in [0.2, 0.25) is 0 Å². The molecule has 0 unspecified atom stereocenters. The molecule has 0 heterocycles. The van der Waals surface area contributed by atoms with Gasteiger partial charge in [0.25, 0.3) is 5.69 Å². The highest BCUT2D eigenvalue weighted by atomic mass is 16.6. The van der Waals surface area contributed by atoms with Crippen LogP contribution in [-0.4, -0.2) is 16.6 Å². The fourth-order valence-corrected chi connectivity index (χ4v) is 1.34. The first kappa shape index (κ1) is 10.6. The number of benzene rings is 1. The van der Waals surface area contributed by atoms with Crippen LogP contribution in [0.15, 0.2) is 18.2 Å². The Bertz CT molecular complexity index is 352. The zero-order valence-corrected chi connectivity index (χ0v) is 7.80. The molecule has 0 aliphatic rings. The topological polar surface area (TPSA) is 89.4 Å². The number of nitro groups is 1. The summed E-state index contributed by atoms with van der Waals surface area (Å²) in [5, 5.41) is 19.4. The van der Waals surface area contributed by atoms with Crippen molar-refractivity contribution in [3.63, 3.8) is 0 Å². The van der Waals surface area contributed by atoms with Crippen molar-refractivity contribution in [3.05, 3.63) is 39.4 Å². The Balaban J connectivity index is 3.20. The molecule has 0 aromatic heterocycles. The van der Waals surface area contributed by atoms with Gasteiger partial charge in [0.1, 0.15) is 0 Å². The van der Waals surface area contributed by atoms with Gasteiger partial charge in [-0.25, -0.2) is 0 Å². The summed E-state index contributed by atoms with van der Waals surface area (Å²) in [6.45, 7) is 1.41. The number of rotatable bonds is 3. The number of aliphatic hydroxyl groups is 1. The van der Waals surface area contributed by atoms with Crippen molar-refractivity contribution < 1.29 is 10.0 Å². The largest absolute Gasteiger partial charge is 0.394 e. The minimum atomic E-state index is -0.560. The number of nitrogens with zero attached hydrogens (tertiary/aromatic N) is 1. The van der Waals surface area contributed by atoms with E-state index in [-0.39, 0.29) is 12.3 Å². The number of nitro benzene ring substituents is 1. The molecule has 0 aliphatic heterocycles. The van der Waals surface area contributed by atoms with Crippen LogP contribution in [0.5, 0.6) is 0 Å². The van der Waals surface area contributed by atoms with Gasteiger partial charge in [0.15, 0.2) is 0 Å². The molecule has 1 atom stereocenters. The van der Waals surface area contributed by atoms with E-state index in [2.05, 4.69) is 0 Å². The molecule has 0 aliphatic carbocycles. The fourth-order valence-electron chi connectivity index (χ4n) is 1.34. The summed E-state index contributed by atoms with van der Waals surface area (Å²) >= 11 is 0. The number of hydrogen-bond donors (Lipinski definition) is 2. The third-order valence-electron chi connectivity index (χ3n) is 2.14. The summed E-state index contributed by atoms with van der Waals surface area (Å²) in [5.74, 6) is 0. The monoisotopic (exact) mass is 196 g/mol. The molecule has 0 saturated carbocycles. The van der Waals surface area contributed by atoms with Crippen LogP contribution in [0.25, 0.3) is 0 Å². The molecule has 5 nitrogen and oxygen atoms in total. The van der Waals surface area contributed by atoms with Gasteiger partial charge in [-0.15, -0.1) is 0 Å². The third kappa shape index (κ3) is 1.89. The SMILES string of the molecule is Cc1c([C@@H](N)CO)cccc1[N+](=O)[O-]. The van der Waals surface area contributed by atoms with Crippen molar-refractivity contribution in [3.8, 4) is 0 Å². The van der Waals surface area contributed by atoms with Crippen LogP contribution in [0.3, 0.4) is 0 Å². The predicted octanol–water partition coefficient (Wildman–Crippen LogP) is 0.895. The minimum Gasteiger partial charge on any atom is -0.394 e. The van der Waals surface area contributed by atoms with Crippen molar-refractivity contribution in [1.29, 1.82) is 0 Å². The molecule has 1 aromatic carbocycles. The average Bonchev–Trinajstić information content (AvgIpc) is 2.16. The van der Waals surface area contributed by atoms with E-state index < -0.39 is 11.0 Å². The van der Waals surface area contributed by atoms with Gasteiger partial charge < -0.3 is 10.8 Å². The normalized spacial score (nSPS) is 12.5. The molecule has 1 aromatic rings. The van der Waals surface area contributed by atoms with Crippen LogP contribution in [0, 0.1) is 17.0 Å². The van der Waals surface area contributed by atoms with Crippen LogP contribution in [-0.2, 0) is 0 Å². The van der Waals surface area contributed by atoms with E-state index >= 15 is 0 Å². The molecule has 76 valence electrons. The lowest BCUT2D eigenvalue weighted by Gasteiger charge is -2.11. The fraction of sp³-hybridized carbons (Fsp3) is 0.333. The standard InChI is InChI=1S/C9H12N2O3/c1-6-7(8(10)5-12)3-2-4-9(6)11(13)14/h2-4,8,12H,5,10H2,1H3/t8-/m0/s1. The molecule has 0 fully saturated rings. The summed E-state index contributed by atoms with van der Waals surface area (Å²) in [7, 11) is 0. The molecule has 0 saturated heterocycles. The van der Waals surface area contributed by atoms with Gasteiger partial charge in [0, 0.05) is 11.6 Å². The molecule has 3 N–H and O–H groups in total.